The number of nitriles is 1. The van der Waals surface area contributed by atoms with E-state index < -0.39 is 41.0 Å². The van der Waals surface area contributed by atoms with Crippen LogP contribution in [0.3, 0.4) is 0 Å². The van der Waals surface area contributed by atoms with Crippen LogP contribution in [-0.4, -0.2) is 96.3 Å². The van der Waals surface area contributed by atoms with Gasteiger partial charge in [-0.3, -0.25) is 49.3 Å². The fourth-order valence-corrected chi connectivity index (χ4v) is 15.8. The third kappa shape index (κ3) is 23.6. The van der Waals surface area contributed by atoms with Crippen molar-refractivity contribution >= 4 is 146 Å². The molecule has 6 aromatic heterocycles. The Morgan fingerprint density at radius 1 is 0.496 bits per heavy atom. The zero-order valence-electron chi connectivity index (χ0n) is 62.5. The van der Waals surface area contributed by atoms with E-state index in [1.165, 1.54) is 25.0 Å². The van der Waals surface area contributed by atoms with E-state index in [1.54, 1.807) is 37.3 Å². The van der Waals surface area contributed by atoms with Gasteiger partial charge in [-0.15, -0.1) is 35.3 Å². The first kappa shape index (κ1) is 92.2. The molecule has 0 saturated heterocycles. The van der Waals surface area contributed by atoms with Crippen LogP contribution in [0.4, 0.5) is 22.0 Å². The number of ether oxygens (including phenoxy) is 5. The number of nitrogens with zero attached hydrogens (tertiary/aromatic N) is 10. The summed E-state index contributed by atoms with van der Waals surface area (Å²) < 4.78 is 27.0. The highest BCUT2D eigenvalue weighted by Crippen LogP contribution is 2.44. The molecule has 2 amide bonds. The SMILES string of the molecule is C.CCOC(=O)NC(=O)CC#N.Clc1nnc(Cl)c2c1CCCC2.Nc1cc(Cl)c(Oc2n[nH]c(=O)c3c2CCCC3)c(Cl)c1.Nc1cc(Cl)c(Oc2nnc(Cl)c3c2CCCC3)c(Cl)c1.O=C1OC(=O)C2=C1CCCC2.O=c1[nH][nH]c(=O)c2c1CCCC2.[C-]#[N+]c1nn(-c2cc(Cl)c(Oc3n[nH]c(=O)c4c3CCCC4)c(Cl)c2)c(=O)[nH]c1=O. The molecular formula is C77H75Cl9N18O15. The molecule has 0 saturated carbocycles. The maximum Gasteiger partial charge on any atom is 0.413 e. The Kier molecular flexibility index (Phi) is 33.5. The number of carbonyl (C=O) groups is 4. The number of imide groups is 1. The van der Waals surface area contributed by atoms with Crippen molar-refractivity contribution in [3.63, 3.8) is 0 Å². The molecule has 3 aromatic carbocycles. The van der Waals surface area contributed by atoms with Gasteiger partial charge in [-0.1, -0.05) is 118 Å². The number of alkyl carbamates (subject to hydrolysis) is 1. The first-order valence-corrected chi connectivity index (χ1v) is 40.2. The van der Waals surface area contributed by atoms with Crippen LogP contribution in [0.1, 0.15) is 166 Å². The number of nitrogens with two attached hydrogens (primary N) is 2. The lowest BCUT2D eigenvalue weighted by Gasteiger charge is -2.19. The number of aromatic amines is 5. The van der Waals surface area contributed by atoms with Crippen molar-refractivity contribution in [2.45, 2.75) is 175 Å². The Bertz CT molecular complexity index is 5710. The second kappa shape index (κ2) is 43.3. The largest absolute Gasteiger partial charge is 0.450 e. The Labute approximate surface area is 721 Å². The smallest absolute Gasteiger partial charge is 0.413 e. The van der Waals surface area contributed by atoms with Crippen molar-refractivity contribution in [3.8, 4) is 46.6 Å². The zero-order valence-corrected chi connectivity index (χ0v) is 69.3. The minimum atomic E-state index is -0.891. The number of esters is 2. The topological polar surface area (TPSA) is 483 Å². The maximum absolute atomic E-state index is 12.1. The Morgan fingerprint density at radius 2 is 0.832 bits per heavy atom. The summed E-state index contributed by atoms with van der Waals surface area (Å²) in [5, 5.41) is 49.5. The van der Waals surface area contributed by atoms with Gasteiger partial charge in [0.25, 0.3) is 27.8 Å². The van der Waals surface area contributed by atoms with Crippen LogP contribution < -0.4 is 64.5 Å². The first-order valence-electron chi connectivity index (χ1n) is 36.8. The average molecular weight is 1810 g/mol. The number of hydrogen-bond donors (Lipinski definition) is 8. The molecule has 6 aliphatic carbocycles. The highest BCUT2D eigenvalue weighted by atomic mass is 35.5. The summed E-state index contributed by atoms with van der Waals surface area (Å²) in [4.78, 5) is 118. The van der Waals surface area contributed by atoms with E-state index in [9.17, 15) is 47.9 Å². The van der Waals surface area contributed by atoms with Crippen LogP contribution in [0.2, 0.25) is 45.6 Å². The number of nitrogen functional groups attached to an aromatic ring is 2. The summed E-state index contributed by atoms with van der Waals surface area (Å²) in [7, 11) is 0. The van der Waals surface area contributed by atoms with Crippen LogP contribution in [0.15, 0.2) is 76.3 Å². The normalized spacial score (nSPS) is 14.2. The van der Waals surface area contributed by atoms with E-state index in [2.05, 4.69) is 70.4 Å². The van der Waals surface area contributed by atoms with Crippen molar-refractivity contribution in [1.29, 1.82) is 5.26 Å². The molecule has 7 aliphatic rings. The van der Waals surface area contributed by atoms with Crippen molar-refractivity contribution in [3.05, 3.63) is 222 Å². The molecule has 119 heavy (non-hydrogen) atoms. The number of anilines is 2. The third-order valence-corrected chi connectivity index (χ3v) is 21.5. The van der Waals surface area contributed by atoms with E-state index in [0.717, 1.165) is 166 Å². The molecule has 0 fully saturated rings. The molecule has 33 nitrogen and oxygen atoms in total. The Balaban J connectivity index is 0.000000163. The number of carbonyl (C=O) groups excluding carboxylic acids is 4. The van der Waals surface area contributed by atoms with Crippen molar-refractivity contribution < 1.29 is 42.9 Å². The summed E-state index contributed by atoms with van der Waals surface area (Å²) in [5.41, 5.74) is 19.7. The number of benzene rings is 3. The van der Waals surface area contributed by atoms with E-state index in [-0.39, 0.29) is 70.1 Å². The number of rotatable bonds is 9. The molecule has 1 aliphatic heterocycles. The average Bonchev–Trinajstić information content (AvgIpc) is 1.15. The molecule has 0 bridgehead atoms. The van der Waals surface area contributed by atoms with Crippen LogP contribution in [0.5, 0.6) is 34.9 Å². The lowest BCUT2D eigenvalue weighted by molar-refractivity contribution is -0.151. The van der Waals surface area contributed by atoms with Gasteiger partial charge in [-0.05, 0) is 219 Å². The number of cyclic esters (lactones) is 2. The summed E-state index contributed by atoms with van der Waals surface area (Å²) in [6.45, 7) is 8.79. The maximum atomic E-state index is 12.1. The number of fused-ring (bicyclic) bond motifs is 5. The molecule has 0 atom stereocenters. The van der Waals surface area contributed by atoms with Crippen molar-refractivity contribution in [2.75, 3.05) is 18.1 Å². The second-order valence-electron chi connectivity index (χ2n) is 26.7. The van der Waals surface area contributed by atoms with Crippen LogP contribution in [-0.2, 0) is 88.1 Å². The molecule has 0 spiro atoms. The first-order chi connectivity index (χ1) is 56.6. The quantitative estimate of drug-likeness (QED) is 0.0288. The van der Waals surface area contributed by atoms with Gasteiger partial charge in [0.1, 0.15) is 6.42 Å². The molecule has 10 N–H and O–H groups in total. The molecule has 0 unspecified atom stereocenters. The van der Waals surface area contributed by atoms with Gasteiger partial charge in [0, 0.05) is 61.5 Å². The predicted octanol–water partition coefficient (Wildman–Crippen LogP) is 14.9. The number of halogens is 9. The summed E-state index contributed by atoms with van der Waals surface area (Å²) in [5.74, 6) is -0.323. The predicted molar refractivity (Wildman–Crippen MR) is 447 cm³/mol. The number of aromatic nitrogens is 13. The summed E-state index contributed by atoms with van der Waals surface area (Å²) in [6.07, 6.45) is 20.6. The van der Waals surface area contributed by atoms with Crippen LogP contribution in [0.25, 0.3) is 10.5 Å². The molecule has 0 radical (unpaired) electrons. The molecule has 7 heterocycles. The van der Waals surface area contributed by atoms with Gasteiger partial charge >= 0.3 is 29.5 Å². The Hall–Kier alpha value is -10.7. The molecule has 9 aromatic rings. The van der Waals surface area contributed by atoms with Gasteiger partial charge in [0.15, 0.2) is 32.7 Å². The van der Waals surface area contributed by atoms with E-state index >= 15 is 0 Å². The van der Waals surface area contributed by atoms with Crippen LogP contribution >= 0.6 is 104 Å². The lowest BCUT2D eigenvalue weighted by atomic mass is 9.93. The molecule has 626 valence electrons. The molecular weight excluding hydrogens is 1740 g/mol. The third-order valence-electron chi connectivity index (χ3n) is 18.9. The summed E-state index contributed by atoms with van der Waals surface area (Å²) in [6, 6.07) is 10.6. The number of amides is 2. The highest BCUT2D eigenvalue weighted by Gasteiger charge is 2.34. The zero-order chi connectivity index (χ0) is 85.0. The van der Waals surface area contributed by atoms with Gasteiger partial charge < -0.3 is 40.0 Å². The Morgan fingerprint density at radius 3 is 1.22 bits per heavy atom. The van der Waals surface area contributed by atoms with Gasteiger partial charge in [-0.2, -0.15) is 5.26 Å². The van der Waals surface area contributed by atoms with Gasteiger partial charge in [0.05, 0.1) is 48.5 Å². The van der Waals surface area contributed by atoms with Crippen LogP contribution in [0, 0.1) is 17.9 Å². The van der Waals surface area contributed by atoms with Crippen molar-refractivity contribution in [1.82, 2.24) is 71.1 Å². The summed E-state index contributed by atoms with van der Waals surface area (Å²) >= 11 is 55.0. The lowest BCUT2D eigenvalue weighted by Crippen LogP contribution is -2.30. The number of hydrogen-bond acceptors (Lipinski definition) is 25. The highest BCUT2D eigenvalue weighted by molar-refractivity contribution is 6.39. The van der Waals surface area contributed by atoms with Gasteiger partial charge in [-0.25, -0.2) is 29.4 Å². The molecule has 42 heteroatoms. The number of H-pyrrole nitrogens is 5. The monoisotopic (exact) mass is 1810 g/mol. The number of nitrogens with one attached hydrogen (secondary N) is 6. The minimum Gasteiger partial charge on any atom is -0.450 e. The van der Waals surface area contributed by atoms with E-state index in [0.29, 0.717) is 116 Å². The fourth-order valence-electron chi connectivity index (χ4n) is 13.3. The van der Waals surface area contributed by atoms with E-state index in [4.69, 9.17) is 142 Å². The minimum absolute atomic E-state index is 0. The molecule has 16 rings (SSSR count). The standard InChI is InChI=1S/C18H12Cl2N6O4.C14H12Cl3N3O.C14H13Cl2N3O2.C8H8Cl2N2.C8H10N2O2.C8H8O3.C6H8N2O3.CH4/c1-21-14-16(28)22-18(29)26(25-14)8-6-11(19)13(12(20)7-8)30-17-10-5-3-2-4-9(10)15(27)23-24-17;15-10-5-7(18)6-11(16)12(10)21-14-9-4-2-1-3-8(9)13(17)19-20-14;15-10-5-7(17)6-11(16)12(10)21-14-9-4-2-1-3-8(9)13(20)18-19-14;9-7-5-3-1-2-4-6(5)8(10)12-11-7;11-7-5-3-1-2-4-6(5)8(12)10-9-7;9-7-5-3-1-2-4-6(5)8(10)11-7;1-2-11-6(10)8-5(9)3-4-7;/h6-7H,2-5H2,(H,23,27)(H,22,28,29);5-6H,1-4,18H2;5-6H,1-4,17H2,(H,18,20);1-4H2;1-4H2,(H,9,11)(H,10,12);1-4H2;2-3H2,1H3,(H,8,9,10);1H4. The van der Waals surface area contributed by atoms with Gasteiger partial charge in [0.2, 0.25) is 23.5 Å². The second-order valence-corrected chi connectivity index (χ2v) is 30.3. The van der Waals surface area contributed by atoms with E-state index in [1.807, 2.05) is 10.3 Å². The van der Waals surface area contributed by atoms with Crippen molar-refractivity contribution in [2.24, 2.45) is 0 Å². The fraction of sp³-hybridized carbons (Fsp3) is 0.364.